The quantitative estimate of drug-likeness (QED) is 0.541. The van der Waals surface area contributed by atoms with Crippen LogP contribution in [0.1, 0.15) is 9.67 Å². The van der Waals surface area contributed by atoms with Crippen molar-refractivity contribution in [2.24, 2.45) is 0 Å². The lowest BCUT2D eigenvalue weighted by Gasteiger charge is -2.03. The van der Waals surface area contributed by atoms with Gasteiger partial charge in [-0.15, -0.1) is 11.3 Å². The zero-order valence-corrected chi connectivity index (χ0v) is 15.5. The van der Waals surface area contributed by atoms with Crippen molar-refractivity contribution in [3.05, 3.63) is 63.9 Å². The summed E-state index contributed by atoms with van der Waals surface area (Å²) >= 11 is 6.12. The summed E-state index contributed by atoms with van der Waals surface area (Å²) in [5.41, 5.74) is 7.28. The molecule has 3 rings (SSSR count). The molecule has 0 fully saturated rings. The Balaban J connectivity index is 1.77. The van der Waals surface area contributed by atoms with Crippen molar-refractivity contribution in [3.63, 3.8) is 0 Å². The minimum absolute atomic E-state index is 0.197. The van der Waals surface area contributed by atoms with E-state index in [1.165, 1.54) is 23.1 Å². The number of benzene rings is 2. The van der Waals surface area contributed by atoms with Crippen LogP contribution in [0.5, 0.6) is 5.75 Å². The zero-order chi connectivity index (χ0) is 17.1. The van der Waals surface area contributed by atoms with Crippen LogP contribution in [0, 0.1) is 0 Å². The second-order valence-corrected chi connectivity index (χ2v) is 8.23. The third kappa shape index (κ3) is 4.11. The van der Waals surface area contributed by atoms with E-state index in [2.05, 4.69) is 21.2 Å². The lowest BCUT2D eigenvalue weighted by molar-refractivity contribution is 0.103. The summed E-state index contributed by atoms with van der Waals surface area (Å²) in [4.78, 5) is 13.8. The third-order valence-corrected chi connectivity index (χ3v) is 5.91. The van der Waals surface area contributed by atoms with Gasteiger partial charge in [0.05, 0.1) is 14.8 Å². The number of anilines is 2. The first-order valence-electron chi connectivity index (χ1n) is 6.94. The smallest absolute Gasteiger partial charge is 0.265 e. The minimum atomic E-state index is -0.201. The molecular weight excluding hydrogens is 408 g/mol. The second kappa shape index (κ2) is 7.29. The van der Waals surface area contributed by atoms with Crippen LogP contribution in [0.2, 0.25) is 0 Å². The van der Waals surface area contributed by atoms with E-state index in [0.29, 0.717) is 16.3 Å². The molecule has 0 radical (unpaired) electrons. The van der Waals surface area contributed by atoms with Crippen molar-refractivity contribution in [2.45, 2.75) is 9.10 Å². The number of halogens is 1. The Hall–Kier alpha value is -1.96. The normalized spacial score (nSPS) is 10.5. The van der Waals surface area contributed by atoms with Gasteiger partial charge in [0.2, 0.25) is 0 Å². The van der Waals surface area contributed by atoms with Gasteiger partial charge in [0.15, 0.2) is 0 Å². The highest BCUT2D eigenvalue weighted by atomic mass is 79.9. The maximum Gasteiger partial charge on any atom is 0.265 e. The van der Waals surface area contributed by atoms with E-state index in [1.807, 2.05) is 30.3 Å². The van der Waals surface area contributed by atoms with E-state index < -0.39 is 0 Å². The monoisotopic (exact) mass is 420 g/mol. The summed E-state index contributed by atoms with van der Waals surface area (Å²) < 4.78 is 1.71. The molecule has 0 saturated heterocycles. The van der Waals surface area contributed by atoms with Crippen molar-refractivity contribution in [2.75, 3.05) is 11.1 Å². The van der Waals surface area contributed by atoms with Gasteiger partial charge in [-0.1, -0.05) is 39.8 Å². The number of carbonyl (C=O) groups excluding carboxylic acids is 1. The molecule has 0 unspecified atom stereocenters. The van der Waals surface area contributed by atoms with Crippen LogP contribution in [-0.4, -0.2) is 11.0 Å². The van der Waals surface area contributed by atoms with Crippen LogP contribution in [-0.2, 0) is 0 Å². The highest BCUT2D eigenvalue weighted by Crippen LogP contribution is 2.39. The number of carbonyl (C=O) groups is 1. The lowest BCUT2D eigenvalue weighted by Crippen LogP contribution is -2.09. The van der Waals surface area contributed by atoms with E-state index in [1.54, 1.807) is 24.3 Å². The largest absolute Gasteiger partial charge is 0.508 e. The van der Waals surface area contributed by atoms with Crippen LogP contribution in [0.25, 0.3) is 0 Å². The zero-order valence-electron chi connectivity index (χ0n) is 12.3. The van der Waals surface area contributed by atoms with E-state index in [4.69, 9.17) is 5.73 Å². The molecule has 4 N–H and O–H groups in total. The number of nitrogens with two attached hydrogens (primary N) is 1. The number of rotatable bonds is 4. The van der Waals surface area contributed by atoms with Crippen molar-refractivity contribution in [3.8, 4) is 5.75 Å². The number of phenolic OH excluding ortho intramolecular Hbond substituents is 1. The molecule has 7 heteroatoms. The predicted molar refractivity (Wildman–Crippen MR) is 103 cm³/mol. The van der Waals surface area contributed by atoms with Crippen LogP contribution in [0.3, 0.4) is 0 Å². The van der Waals surface area contributed by atoms with Crippen LogP contribution in [0.15, 0.2) is 68.2 Å². The molecule has 0 aliphatic rings. The molecule has 4 nitrogen and oxygen atoms in total. The molecular formula is C17H13BrN2O2S2. The van der Waals surface area contributed by atoms with Crippen molar-refractivity contribution < 1.29 is 9.90 Å². The maximum absolute atomic E-state index is 12.4. The summed E-state index contributed by atoms with van der Waals surface area (Å²) in [6, 6.07) is 16.0. The number of nitrogens with one attached hydrogen (secondary N) is 1. The Kier molecular flexibility index (Phi) is 5.13. The highest BCUT2D eigenvalue weighted by molar-refractivity contribution is 9.10. The molecule has 0 bridgehead atoms. The fourth-order valence-corrected chi connectivity index (χ4v) is 4.54. The van der Waals surface area contributed by atoms with E-state index in [-0.39, 0.29) is 11.7 Å². The van der Waals surface area contributed by atoms with Gasteiger partial charge in [-0.3, -0.25) is 4.79 Å². The van der Waals surface area contributed by atoms with E-state index in [0.717, 1.165) is 13.6 Å². The Morgan fingerprint density at radius 3 is 2.71 bits per heavy atom. The van der Waals surface area contributed by atoms with Gasteiger partial charge in [-0.2, -0.15) is 0 Å². The lowest BCUT2D eigenvalue weighted by atomic mass is 10.3. The van der Waals surface area contributed by atoms with Gasteiger partial charge in [0.1, 0.15) is 5.75 Å². The van der Waals surface area contributed by atoms with Crippen LogP contribution < -0.4 is 11.1 Å². The average Bonchev–Trinajstić information content (AvgIpc) is 2.88. The Morgan fingerprint density at radius 1 is 1.17 bits per heavy atom. The minimum Gasteiger partial charge on any atom is -0.508 e. The molecule has 0 aliphatic heterocycles. The first-order chi connectivity index (χ1) is 11.5. The molecule has 24 heavy (non-hydrogen) atoms. The molecule has 0 aliphatic carbocycles. The van der Waals surface area contributed by atoms with Gasteiger partial charge in [-0.05, 0) is 42.5 Å². The number of thiophene rings is 1. The first kappa shape index (κ1) is 16.9. The van der Waals surface area contributed by atoms with Gasteiger partial charge in [0.25, 0.3) is 5.91 Å². The molecule has 0 spiro atoms. The highest BCUT2D eigenvalue weighted by Gasteiger charge is 2.14. The number of hydrogen-bond acceptors (Lipinski definition) is 5. The van der Waals surface area contributed by atoms with Gasteiger partial charge in [-0.25, -0.2) is 0 Å². The molecule has 3 aromatic rings. The number of amides is 1. The SMILES string of the molecule is Nc1cc(C(=O)Nc2cccc(Br)c2)sc1Sc1cccc(O)c1. The van der Waals surface area contributed by atoms with Crippen LogP contribution in [0.4, 0.5) is 11.4 Å². The summed E-state index contributed by atoms with van der Waals surface area (Å²) in [7, 11) is 0. The first-order valence-corrected chi connectivity index (χ1v) is 9.37. The molecule has 2 aromatic carbocycles. The second-order valence-electron chi connectivity index (χ2n) is 4.92. The van der Waals surface area contributed by atoms with E-state index in [9.17, 15) is 9.90 Å². The van der Waals surface area contributed by atoms with Gasteiger partial charge in [0, 0.05) is 15.1 Å². The average molecular weight is 421 g/mol. The Bertz CT molecular complexity index is 896. The summed E-state index contributed by atoms with van der Waals surface area (Å²) in [6.07, 6.45) is 0. The molecule has 1 amide bonds. The third-order valence-electron chi connectivity index (χ3n) is 3.06. The topological polar surface area (TPSA) is 75.4 Å². The molecule has 0 atom stereocenters. The summed E-state index contributed by atoms with van der Waals surface area (Å²) in [5.74, 6) is -0.00434. The van der Waals surface area contributed by atoms with Gasteiger partial charge >= 0.3 is 0 Å². The summed E-state index contributed by atoms with van der Waals surface area (Å²) in [6.45, 7) is 0. The van der Waals surface area contributed by atoms with Gasteiger partial charge < -0.3 is 16.2 Å². The molecule has 1 heterocycles. The van der Waals surface area contributed by atoms with Crippen molar-refractivity contribution in [1.82, 2.24) is 0 Å². The van der Waals surface area contributed by atoms with Crippen molar-refractivity contribution >= 4 is 56.3 Å². The number of phenols is 1. The summed E-state index contributed by atoms with van der Waals surface area (Å²) in [5, 5.41) is 12.4. The molecule has 1 aromatic heterocycles. The van der Waals surface area contributed by atoms with Crippen LogP contribution >= 0.6 is 39.0 Å². The number of hydrogen-bond donors (Lipinski definition) is 3. The fourth-order valence-electron chi connectivity index (χ4n) is 1.99. The predicted octanol–water partition coefficient (Wildman–Crippen LogP) is 5.20. The number of nitrogen functional groups attached to an aromatic ring is 1. The van der Waals surface area contributed by atoms with Crippen molar-refractivity contribution in [1.29, 1.82) is 0 Å². The van der Waals surface area contributed by atoms with E-state index >= 15 is 0 Å². The fraction of sp³-hybridized carbons (Fsp3) is 0. The number of aromatic hydroxyl groups is 1. The Morgan fingerprint density at radius 2 is 1.96 bits per heavy atom. The molecule has 0 saturated carbocycles. The standard InChI is InChI=1S/C17H13BrN2O2S2/c18-10-3-1-4-11(7-10)20-16(22)15-9-14(19)17(24-15)23-13-6-2-5-12(21)8-13/h1-9,21H,19H2,(H,20,22). The molecule has 122 valence electrons. The Labute approximate surface area is 155 Å². The maximum atomic E-state index is 12.4.